The molecule has 5 rings (SSSR count). The summed E-state index contributed by atoms with van der Waals surface area (Å²) >= 11 is 1.37. The number of nitrogens with one attached hydrogen (secondary N) is 1. The Morgan fingerprint density at radius 2 is 2.00 bits per heavy atom. The van der Waals surface area contributed by atoms with Crippen LogP contribution in [0.15, 0.2) is 66.2 Å². The summed E-state index contributed by atoms with van der Waals surface area (Å²) < 4.78 is 10.7. The van der Waals surface area contributed by atoms with Gasteiger partial charge >= 0.3 is 0 Å². The topological polar surface area (TPSA) is 73.3 Å². The van der Waals surface area contributed by atoms with Gasteiger partial charge in [-0.05, 0) is 30.3 Å². The van der Waals surface area contributed by atoms with Crippen molar-refractivity contribution in [2.24, 2.45) is 0 Å². The minimum atomic E-state index is -0.246. The van der Waals surface area contributed by atoms with E-state index in [1.165, 1.54) is 17.4 Å². The van der Waals surface area contributed by atoms with Crippen molar-refractivity contribution in [1.29, 1.82) is 0 Å². The molecule has 0 radical (unpaired) electrons. The highest BCUT2D eigenvalue weighted by atomic mass is 32.1. The maximum Gasteiger partial charge on any atom is 0.250 e. The summed E-state index contributed by atoms with van der Waals surface area (Å²) in [4.78, 5) is 21.2. The summed E-state index contributed by atoms with van der Waals surface area (Å²) in [5, 5.41) is 6.26. The van der Waals surface area contributed by atoms with Crippen molar-refractivity contribution < 1.29 is 14.3 Å². The van der Waals surface area contributed by atoms with E-state index in [4.69, 9.17) is 9.47 Å². The van der Waals surface area contributed by atoms with Gasteiger partial charge < -0.3 is 9.47 Å². The fourth-order valence-electron chi connectivity index (χ4n) is 3.09. The Morgan fingerprint density at radius 1 is 1.10 bits per heavy atom. The number of ether oxygens (including phenoxy) is 2. The Labute approximate surface area is 170 Å². The molecule has 1 amide bonds. The van der Waals surface area contributed by atoms with E-state index < -0.39 is 0 Å². The monoisotopic (exact) mass is 401 g/mol. The molecule has 4 aromatic rings. The molecule has 0 fully saturated rings. The molecule has 3 heterocycles. The summed E-state index contributed by atoms with van der Waals surface area (Å²) in [7, 11) is 0. The van der Waals surface area contributed by atoms with Gasteiger partial charge in [-0.2, -0.15) is 0 Å². The Kier molecular flexibility index (Phi) is 4.42. The van der Waals surface area contributed by atoms with Crippen LogP contribution in [0.4, 0.5) is 5.13 Å². The molecule has 0 unspecified atom stereocenters. The lowest BCUT2D eigenvalue weighted by molar-refractivity contribution is -0.111. The second kappa shape index (κ2) is 7.37. The molecule has 29 heavy (non-hydrogen) atoms. The van der Waals surface area contributed by atoms with Gasteiger partial charge in [0, 0.05) is 34.2 Å². The SMILES string of the molecule is O=C(/C=C/c1cccc2cccnc12)Nc1nc(-c2ccc3c(c2)OCO3)cs1. The zero-order valence-corrected chi connectivity index (χ0v) is 16.0. The molecular weight excluding hydrogens is 386 g/mol. The lowest BCUT2D eigenvalue weighted by Gasteiger charge is -2.01. The average Bonchev–Trinajstić information content (AvgIpc) is 3.41. The average molecular weight is 401 g/mol. The van der Waals surface area contributed by atoms with Crippen molar-refractivity contribution in [3.63, 3.8) is 0 Å². The smallest absolute Gasteiger partial charge is 0.250 e. The first kappa shape index (κ1) is 17.4. The van der Waals surface area contributed by atoms with Crippen LogP contribution in [0.2, 0.25) is 0 Å². The number of fused-ring (bicyclic) bond motifs is 2. The quantitative estimate of drug-likeness (QED) is 0.500. The van der Waals surface area contributed by atoms with E-state index in [-0.39, 0.29) is 12.7 Å². The van der Waals surface area contributed by atoms with Gasteiger partial charge in [0.15, 0.2) is 16.6 Å². The van der Waals surface area contributed by atoms with Crippen LogP contribution in [0.5, 0.6) is 11.5 Å². The molecular formula is C22H15N3O3S. The summed E-state index contributed by atoms with van der Waals surface area (Å²) in [5.41, 5.74) is 3.42. The van der Waals surface area contributed by atoms with Crippen molar-refractivity contribution in [1.82, 2.24) is 9.97 Å². The van der Waals surface area contributed by atoms with Gasteiger partial charge in [0.1, 0.15) is 0 Å². The summed E-state index contributed by atoms with van der Waals surface area (Å²) in [5.74, 6) is 1.18. The number of pyridine rings is 1. The highest BCUT2D eigenvalue weighted by Gasteiger charge is 2.15. The molecule has 0 saturated carbocycles. The zero-order chi connectivity index (χ0) is 19.6. The molecule has 1 N–H and O–H groups in total. The Balaban J connectivity index is 1.31. The number of benzene rings is 2. The molecule has 6 nitrogen and oxygen atoms in total. The Bertz CT molecular complexity index is 1240. The lowest BCUT2D eigenvalue weighted by atomic mass is 10.1. The van der Waals surface area contributed by atoms with Crippen LogP contribution in [0.3, 0.4) is 0 Å². The number of hydrogen-bond acceptors (Lipinski definition) is 6. The second-order valence-electron chi connectivity index (χ2n) is 6.35. The molecule has 0 atom stereocenters. The third-order valence-corrected chi connectivity index (χ3v) is 5.24. The number of thiazole rings is 1. The highest BCUT2D eigenvalue weighted by Crippen LogP contribution is 2.36. The fraction of sp³-hybridized carbons (Fsp3) is 0.0455. The zero-order valence-electron chi connectivity index (χ0n) is 15.2. The van der Waals surface area contributed by atoms with Crippen LogP contribution >= 0.6 is 11.3 Å². The number of rotatable bonds is 4. The lowest BCUT2D eigenvalue weighted by Crippen LogP contribution is -2.07. The van der Waals surface area contributed by atoms with Crippen molar-refractivity contribution in [2.45, 2.75) is 0 Å². The number of carbonyl (C=O) groups excluding carboxylic acids is 1. The van der Waals surface area contributed by atoms with Gasteiger partial charge in [0.2, 0.25) is 12.7 Å². The normalized spacial score (nSPS) is 12.6. The number of nitrogens with zero attached hydrogens (tertiary/aromatic N) is 2. The number of para-hydroxylation sites is 1. The predicted octanol–water partition coefficient (Wildman–Crippen LogP) is 4.74. The van der Waals surface area contributed by atoms with E-state index in [2.05, 4.69) is 15.3 Å². The molecule has 142 valence electrons. The van der Waals surface area contributed by atoms with E-state index in [1.807, 2.05) is 53.9 Å². The molecule has 2 aromatic heterocycles. The van der Waals surface area contributed by atoms with Gasteiger partial charge in [-0.15, -0.1) is 11.3 Å². The van der Waals surface area contributed by atoms with E-state index >= 15 is 0 Å². The molecule has 0 bridgehead atoms. The number of aromatic nitrogens is 2. The van der Waals surface area contributed by atoms with Crippen molar-refractivity contribution in [3.8, 4) is 22.8 Å². The standard InChI is InChI=1S/C22H15N3O3S/c26-20(9-7-15-4-1-3-14-5-2-10-23-21(14)15)25-22-24-17(12-29-22)16-6-8-18-19(11-16)28-13-27-18/h1-12H,13H2,(H,24,25,26)/b9-7+. The molecule has 0 aliphatic carbocycles. The molecule has 0 saturated heterocycles. The number of anilines is 1. The van der Waals surface area contributed by atoms with Gasteiger partial charge in [-0.25, -0.2) is 4.98 Å². The largest absolute Gasteiger partial charge is 0.454 e. The minimum Gasteiger partial charge on any atom is -0.454 e. The summed E-state index contributed by atoms with van der Waals surface area (Å²) in [6, 6.07) is 15.4. The first-order valence-electron chi connectivity index (χ1n) is 8.95. The van der Waals surface area contributed by atoms with Crippen molar-refractivity contribution in [2.75, 3.05) is 12.1 Å². The first-order valence-corrected chi connectivity index (χ1v) is 9.82. The molecule has 2 aromatic carbocycles. The molecule has 0 spiro atoms. The van der Waals surface area contributed by atoms with Gasteiger partial charge in [0.05, 0.1) is 11.2 Å². The minimum absolute atomic E-state index is 0.232. The van der Waals surface area contributed by atoms with Crippen LogP contribution in [-0.4, -0.2) is 22.7 Å². The van der Waals surface area contributed by atoms with Crippen LogP contribution in [0, 0.1) is 0 Å². The third-order valence-electron chi connectivity index (χ3n) is 4.48. The van der Waals surface area contributed by atoms with Crippen molar-refractivity contribution >= 4 is 39.4 Å². The molecule has 7 heteroatoms. The maximum atomic E-state index is 12.3. The van der Waals surface area contributed by atoms with E-state index in [1.54, 1.807) is 12.3 Å². The second-order valence-corrected chi connectivity index (χ2v) is 7.21. The summed E-state index contributed by atoms with van der Waals surface area (Å²) in [6.07, 6.45) is 5.00. The fourth-order valence-corrected chi connectivity index (χ4v) is 3.82. The number of amides is 1. The Hall–Kier alpha value is -3.71. The van der Waals surface area contributed by atoms with Crippen LogP contribution < -0.4 is 14.8 Å². The molecule has 1 aliphatic heterocycles. The van der Waals surface area contributed by atoms with Gasteiger partial charge in [-0.1, -0.05) is 24.3 Å². The van der Waals surface area contributed by atoms with Crippen molar-refractivity contribution in [3.05, 3.63) is 71.7 Å². The predicted molar refractivity (Wildman–Crippen MR) is 113 cm³/mol. The van der Waals surface area contributed by atoms with E-state index in [9.17, 15) is 4.79 Å². The van der Waals surface area contributed by atoms with Gasteiger partial charge in [-0.3, -0.25) is 15.1 Å². The van der Waals surface area contributed by atoms with Crippen LogP contribution in [-0.2, 0) is 4.79 Å². The Morgan fingerprint density at radius 3 is 2.97 bits per heavy atom. The van der Waals surface area contributed by atoms with E-state index in [0.29, 0.717) is 10.9 Å². The van der Waals surface area contributed by atoms with Gasteiger partial charge in [0.25, 0.3) is 0 Å². The molecule has 1 aliphatic rings. The number of hydrogen-bond donors (Lipinski definition) is 1. The highest BCUT2D eigenvalue weighted by molar-refractivity contribution is 7.14. The maximum absolute atomic E-state index is 12.3. The first-order chi connectivity index (χ1) is 14.3. The van der Waals surface area contributed by atoms with Crippen LogP contribution in [0.1, 0.15) is 5.56 Å². The van der Waals surface area contributed by atoms with Crippen LogP contribution in [0.25, 0.3) is 28.2 Å². The summed E-state index contributed by atoms with van der Waals surface area (Å²) in [6.45, 7) is 0.232. The van der Waals surface area contributed by atoms with E-state index in [0.717, 1.165) is 33.5 Å². The third kappa shape index (κ3) is 3.55. The number of carbonyl (C=O) groups is 1.